The molecule has 1 fully saturated rings. The first kappa shape index (κ1) is 18.9. The third-order valence-electron chi connectivity index (χ3n) is 5.18. The monoisotopic (exact) mass is 416 g/mol. The van der Waals surface area contributed by atoms with Crippen LogP contribution >= 0.6 is 0 Å². The average molecular weight is 416 g/mol. The van der Waals surface area contributed by atoms with E-state index in [2.05, 4.69) is 25.4 Å². The van der Waals surface area contributed by atoms with E-state index in [1.165, 1.54) is 5.06 Å². The maximum atomic E-state index is 13.0. The molecule has 0 bridgehead atoms. The second kappa shape index (κ2) is 7.65. The first-order valence-corrected chi connectivity index (χ1v) is 9.80. The summed E-state index contributed by atoms with van der Waals surface area (Å²) in [6, 6.07) is 8.85. The lowest BCUT2D eigenvalue weighted by Crippen LogP contribution is -2.33. The Balaban J connectivity index is 1.40. The number of hydroxylamine groups is 2. The van der Waals surface area contributed by atoms with Gasteiger partial charge in [0.25, 0.3) is 0 Å². The van der Waals surface area contributed by atoms with Crippen molar-refractivity contribution >= 4 is 23.3 Å². The highest BCUT2D eigenvalue weighted by molar-refractivity contribution is 5.90. The number of amides is 2. The van der Waals surface area contributed by atoms with Crippen LogP contribution < -0.4 is 11.1 Å². The summed E-state index contributed by atoms with van der Waals surface area (Å²) in [6.07, 6.45) is 7.72. The Kier molecular flexibility index (Phi) is 4.68. The van der Waals surface area contributed by atoms with Crippen molar-refractivity contribution in [2.45, 2.75) is 19.4 Å². The summed E-state index contributed by atoms with van der Waals surface area (Å²) in [6.45, 7) is 2.30. The number of fused-ring (bicyclic) bond motifs is 1. The van der Waals surface area contributed by atoms with Crippen molar-refractivity contribution < 1.29 is 9.63 Å². The molecule has 1 saturated heterocycles. The van der Waals surface area contributed by atoms with E-state index in [0.717, 1.165) is 16.7 Å². The van der Waals surface area contributed by atoms with Gasteiger partial charge in [-0.05, 0) is 36.8 Å². The summed E-state index contributed by atoms with van der Waals surface area (Å²) in [5.74, 6) is 0.209. The first-order chi connectivity index (χ1) is 15.1. The predicted octanol–water partition coefficient (Wildman–Crippen LogP) is 2.99. The number of carbonyl (C=O) groups excluding carboxylic acids is 1. The van der Waals surface area contributed by atoms with Crippen molar-refractivity contribution in [3.05, 3.63) is 66.4 Å². The molecule has 10 nitrogen and oxygen atoms in total. The van der Waals surface area contributed by atoms with Gasteiger partial charge in [-0.15, -0.1) is 5.10 Å². The number of carbonyl (C=O) groups is 1. The highest BCUT2D eigenvalue weighted by Gasteiger charge is 2.32. The molecule has 4 aromatic rings. The maximum Gasteiger partial charge on any atom is 0.346 e. The third-order valence-corrected chi connectivity index (χ3v) is 5.18. The molecule has 0 aliphatic carbocycles. The third kappa shape index (κ3) is 3.64. The van der Waals surface area contributed by atoms with Crippen LogP contribution in [0.15, 0.2) is 55.1 Å². The standard InChI is InChI=1S/C21H20N8O2/c1-13-17(25-21(30)29-18(6-8-31-29)14-3-2-7-23-10-14)9-16(11-24-13)15-4-5-19-26-20(22)27-28(19)12-15/h2-5,7,9-12,18H,6,8H2,1H3,(H2,22,27)(H,25,30)/t18-/m0/s1. The van der Waals surface area contributed by atoms with Crippen LogP contribution in [0.4, 0.5) is 16.4 Å². The van der Waals surface area contributed by atoms with Gasteiger partial charge in [0, 0.05) is 42.3 Å². The van der Waals surface area contributed by atoms with Gasteiger partial charge in [0.1, 0.15) is 0 Å². The van der Waals surface area contributed by atoms with Crippen molar-refractivity contribution in [1.82, 2.24) is 29.6 Å². The van der Waals surface area contributed by atoms with Crippen molar-refractivity contribution in [2.75, 3.05) is 17.7 Å². The molecule has 1 aliphatic rings. The predicted molar refractivity (Wildman–Crippen MR) is 114 cm³/mol. The lowest BCUT2D eigenvalue weighted by molar-refractivity contribution is -0.0830. The number of rotatable bonds is 3. The van der Waals surface area contributed by atoms with Crippen molar-refractivity contribution in [3.8, 4) is 11.1 Å². The topological polar surface area (TPSA) is 124 Å². The summed E-state index contributed by atoms with van der Waals surface area (Å²) >= 11 is 0. The van der Waals surface area contributed by atoms with Gasteiger partial charge in [0.05, 0.1) is 24.0 Å². The number of anilines is 2. The molecule has 1 atom stereocenters. The SMILES string of the molecule is Cc1ncc(-c2ccc3nc(N)nn3c2)cc1NC(=O)N1OCC[C@H]1c1cccnc1. The lowest BCUT2D eigenvalue weighted by atomic mass is 10.1. The lowest BCUT2D eigenvalue weighted by Gasteiger charge is -2.23. The highest BCUT2D eigenvalue weighted by Crippen LogP contribution is 2.31. The zero-order valence-corrected chi connectivity index (χ0v) is 16.8. The highest BCUT2D eigenvalue weighted by atomic mass is 16.7. The molecule has 2 amide bonds. The van der Waals surface area contributed by atoms with E-state index >= 15 is 0 Å². The van der Waals surface area contributed by atoms with E-state index in [0.29, 0.717) is 30.1 Å². The molecule has 1 aliphatic heterocycles. The number of aryl methyl sites for hydroxylation is 1. The normalized spacial score (nSPS) is 16.0. The number of nitrogens with two attached hydrogens (primary N) is 1. The minimum absolute atomic E-state index is 0.190. The van der Waals surface area contributed by atoms with E-state index < -0.39 is 0 Å². The number of nitrogen functional groups attached to an aromatic ring is 1. The second-order valence-corrected chi connectivity index (χ2v) is 7.23. The zero-order chi connectivity index (χ0) is 21.4. The van der Waals surface area contributed by atoms with Crippen LogP contribution in [-0.4, -0.2) is 42.3 Å². The number of urea groups is 1. The number of hydrogen-bond donors (Lipinski definition) is 2. The van der Waals surface area contributed by atoms with Gasteiger partial charge in [-0.2, -0.15) is 10.0 Å². The number of aromatic nitrogens is 5. The molecule has 0 aromatic carbocycles. The summed E-state index contributed by atoms with van der Waals surface area (Å²) in [5, 5.41) is 8.44. The van der Waals surface area contributed by atoms with Crippen LogP contribution in [0.1, 0.15) is 23.7 Å². The van der Waals surface area contributed by atoms with Gasteiger partial charge in [0.2, 0.25) is 5.95 Å². The molecule has 5 heterocycles. The number of nitrogens with one attached hydrogen (secondary N) is 1. The minimum Gasteiger partial charge on any atom is -0.366 e. The molecule has 0 saturated carbocycles. The van der Waals surface area contributed by atoms with E-state index in [9.17, 15) is 4.79 Å². The number of nitrogens with zero attached hydrogens (tertiary/aromatic N) is 6. The second-order valence-electron chi connectivity index (χ2n) is 7.23. The van der Waals surface area contributed by atoms with Crippen LogP contribution in [0.2, 0.25) is 0 Å². The van der Waals surface area contributed by atoms with Gasteiger partial charge >= 0.3 is 6.03 Å². The fraction of sp³-hybridized carbons (Fsp3) is 0.190. The molecule has 4 aromatic heterocycles. The van der Waals surface area contributed by atoms with Gasteiger partial charge in [-0.1, -0.05) is 6.07 Å². The molecule has 3 N–H and O–H groups in total. The molecule has 156 valence electrons. The fourth-order valence-corrected chi connectivity index (χ4v) is 3.60. The fourth-order valence-electron chi connectivity index (χ4n) is 3.60. The van der Waals surface area contributed by atoms with E-state index in [-0.39, 0.29) is 18.0 Å². The largest absolute Gasteiger partial charge is 0.366 e. The van der Waals surface area contributed by atoms with Crippen molar-refractivity contribution in [3.63, 3.8) is 0 Å². The Morgan fingerprint density at radius 1 is 1.26 bits per heavy atom. The summed E-state index contributed by atoms with van der Waals surface area (Å²) in [4.78, 5) is 31.3. The molecular formula is C21H20N8O2. The Morgan fingerprint density at radius 3 is 3.00 bits per heavy atom. The van der Waals surface area contributed by atoms with Crippen LogP contribution in [-0.2, 0) is 4.84 Å². The first-order valence-electron chi connectivity index (χ1n) is 9.80. The minimum atomic E-state index is -0.354. The van der Waals surface area contributed by atoms with Crippen LogP contribution in [0.5, 0.6) is 0 Å². The Labute approximate surface area is 177 Å². The quantitative estimate of drug-likeness (QED) is 0.526. The van der Waals surface area contributed by atoms with Crippen molar-refractivity contribution in [1.29, 1.82) is 0 Å². The summed E-state index contributed by atoms with van der Waals surface area (Å²) in [5.41, 5.74) is 10.2. The maximum absolute atomic E-state index is 13.0. The summed E-state index contributed by atoms with van der Waals surface area (Å²) in [7, 11) is 0. The molecule has 31 heavy (non-hydrogen) atoms. The van der Waals surface area contributed by atoms with E-state index in [1.54, 1.807) is 23.1 Å². The van der Waals surface area contributed by atoms with Gasteiger partial charge in [-0.25, -0.2) is 9.31 Å². The van der Waals surface area contributed by atoms with Crippen LogP contribution in [0.3, 0.4) is 0 Å². The Bertz CT molecular complexity index is 1260. The smallest absolute Gasteiger partial charge is 0.346 e. The van der Waals surface area contributed by atoms with E-state index in [4.69, 9.17) is 10.6 Å². The summed E-state index contributed by atoms with van der Waals surface area (Å²) < 4.78 is 1.61. The average Bonchev–Trinajstić information content (AvgIpc) is 3.41. The molecule has 0 spiro atoms. The van der Waals surface area contributed by atoms with Gasteiger partial charge in [-0.3, -0.25) is 14.8 Å². The Hall–Kier alpha value is -4.05. The molecule has 0 radical (unpaired) electrons. The van der Waals surface area contributed by atoms with Gasteiger partial charge in [0.15, 0.2) is 5.65 Å². The van der Waals surface area contributed by atoms with Crippen LogP contribution in [0.25, 0.3) is 16.8 Å². The molecule has 10 heteroatoms. The molecule has 5 rings (SSSR count). The van der Waals surface area contributed by atoms with Gasteiger partial charge < -0.3 is 11.1 Å². The number of pyridine rings is 3. The van der Waals surface area contributed by atoms with Crippen LogP contribution in [0, 0.1) is 6.92 Å². The number of hydrogen-bond acceptors (Lipinski definition) is 7. The zero-order valence-electron chi connectivity index (χ0n) is 16.8. The Morgan fingerprint density at radius 2 is 2.16 bits per heavy atom. The molecule has 0 unspecified atom stereocenters. The van der Waals surface area contributed by atoms with Crippen molar-refractivity contribution in [2.24, 2.45) is 0 Å². The molecular weight excluding hydrogens is 396 g/mol. The van der Waals surface area contributed by atoms with E-state index in [1.807, 2.05) is 43.5 Å².